The monoisotopic (exact) mass is 434 g/mol. The molecule has 0 atom stereocenters. The molecule has 0 aliphatic heterocycles. The summed E-state index contributed by atoms with van der Waals surface area (Å²) in [4.78, 5) is 28.6. The SMILES string of the molecule is C#CCNS(=O)(=O)c1ccc(C(=O)Nc2ccc(C(=O)Nc3cccnc3)cc2)cc1. The molecule has 156 valence electrons. The minimum Gasteiger partial charge on any atom is -0.322 e. The Labute approximate surface area is 179 Å². The highest BCUT2D eigenvalue weighted by Gasteiger charge is 2.14. The number of hydrogen-bond donors (Lipinski definition) is 3. The van der Waals surface area contributed by atoms with Gasteiger partial charge in [-0.2, -0.15) is 4.72 Å². The number of carbonyl (C=O) groups is 2. The number of hydrogen-bond acceptors (Lipinski definition) is 5. The van der Waals surface area contributed by atoms with E-state index in [2.05, 4.69) is 26.3 Å². The van der Waals surface area contributed by atoms with Crippen molar-refractivity contribution in [2.75, 3.05) is 17.2 Å². The molecule has 0 aliphatic rings. The Morgan fingerprint density at radius 1 is 0.871 bits per heavy atom. The summed E-state index contributed by atoms with van der Waals surface area (Å²) in [6.45, 7) is -0.124. The summed E-state index contributed by atoms with van der Waals surface area (Å²) in [6.07, 6.45) is 8.20. The van der Waals surface area contributed by atoms with Gasteiger partial charge in [-0.15, -0.1) is 6.42 Å². The first kappa shape index (κ1) is 21.7. The van der Waals surface area contributed by atoms with Gasteiger partial charge in [0.25, 0.3) is 11.8 Å². The number of amides is 2. The number of aromatic nitrogens is 1. The lowest BCUT2D eigenvalue weighted by Gasteiger charge is -2.08. The van der Waals surface area contributed by atoms with Crippen LogP contribution < -0.4 is 15.4 Å². The number of carbonyl (C=O) groups excluding carboxylic acids is 2. The third kappa shape index (κ3) is 5.76. The standard InChI is InChI=1S/C22H18N4O4S/c1-2-13-24-31(29,30)20-11-7-17(8-12-20)21(27)25-18-9-5-16(6-10-18)22(28)26-19-4-3-14-23-15-19/h1,3-12,14-15,24H,13H2,(H,25,27)(H,26,28). The van der Waals surface area contributed by atoms with Gasteiger partial charge in [-0.25, -0.2) is 8.42 Å². The van der Waals surface area contributed by atoms with E-state index in [1.165, 1.54) is 30.5 Å². The average molecular weight is 434 g/mol. The van der Waals surface area contributed by atoms with Crippen LogP contribution in [0.15, 0.2) is 78.0 Å². The van der Waals surface area contributed by atoms with E-state index in [1.807, 2.05) is 0 Å². The van der Waals surface area contributed by atoms with Gasteiger partial charge < -0.3 is 10.6 Å². The van der Waals surface area contributed by atoms with Gasteiger partial charge in [-0.1, -0.05) is 5.92 Å². The van der Waals surface area contributed by atoms with Crippen LogP contribution in [0.3, 0.4) is 0 Å². The van der Waals surface area contributed by atoms with Crippen molar-refractivity contribution in [3.8, 4) is 12.3 Å². The summed E-state index contributed by atoms with van der Waals surface area (Å²) in [5.41, 5.74) is 1.74. The highest BCUT2D eigenvalue weighted by atomic mass is 32.2. The molecule has 3 aromatic rings. The summed E-state index contributed by atoms with van der Waals surface area (Å²) in [6, 6.07) is 15.2. The molecule has 8 nitrogen and oxygen atoms in total. The van der Waals surface area contributed by atoms with Gasteiger partial charge >= 0.3 is 0 Å². The molecule has 1 aromatic heterocycles. The van der Waals surface area contributed by atoms with Crippen LogP contribution in [0.25, 0.3) is 0 Å². The Bertz CT molecular complexity index is 1220. The van der Waals surface area contributed by atoms with Gasteiger partial charge in [-0.3, -0.25) is 14.6 Å². The Morgan fingerprint density at radius 2 is 1.45 bits per heavy atom. The lowest BCUT2D eigenvalue weighted by atomic mass is 10.1. The second kappa shape index (κ2) is 9.67. The lowest BCUT2D eigenvalue weighted by molar-refractivity contribution is 0.102. The summed E-state index contributed by atoms with van der Waals surface area (Å²) < 4.78 is 26.3. The van der Waals surface area contributed by atoms with Crippen LogP contribution in [-0.2, 0) is 10.0 Å². The van der Waals surface area contributed by atoms with E-state index in [9.17, 15) is 18.0 Å². The van der Waals surface area contributed by atoms with Crippen LogP contribution in [0.4, 0.5) is 11.4 Å². The molecule has 9 heteroatoms. The van der Waals surface area contributed by atoms with E-state index >= 15 is 0 Å². The van der Waals surface area contributed by atoms with Gasteiger partial charge in [0.1, 0.15) is 0 Å². The van der Waals surface area contributed by atoms with E-state index in [1.54, 1.807) is 42.6 Å². The Morgan fingerprint density at radius 3 is 2.00 bits per heavy atom. The second-order valence-electron chi connectivity index (χ2n) is 6.28. The van der Waals surface area contributed by atoms with E-state index in [-0.39, 0.29) is 22.9 Å². The van der Waals surface area contributed by atoms with Crippen LogP contribution in [0.1, 0.15) is 20.7 Å². The number of sulfonamides is 1. The minimum atomic E-state index is -3.73. The summed E-state index contributed by atoms with van der Waals surface area (Å²) >= 11 is 0. The molecule has 0 fully saturated rings. The van der Waals surface area contributed by atoms with Crippen LogP contribution in [0, 0.1) is 12.3 Å². The molecule has 0 saturated heterocycles. The van der Waals surface area contributed by atoms with E-state index in [0.29, 0.717) is 16.9 Å². The van der Waals surface area contributed by atoms with Crippen molar-refractivity contribution >= 4 is 33.2 Å². The molecule has 3 N–H and O–H groups in total. The fraction of sp³-hybridized carbons (Fsp3) is 0.0455. The van der Waals surface area contributed by atoms with Crippen molar-refractivity contribution in [2.24, 2.45) is 0 Å². The van der Waals surface area contributed by atoms with Gasteiger partial charge in [-0.05, 0) is 60.7 Å². The van der Waals surface area contributed by atoms with E-state index < -0.39 is 15.9 Å². The predicted octanol–water partition coefficient (Wildman–Crippen LogP) is 2.50. The average Bonchev–Trinajstić information content (AvgIpc) is 2.79. The third-order valence-electron chi connectivity index (χ3n) is 4.12. The zero-order valence-electron chi connectivity index (χ0n) is 16.2. The number of nitrogens with zero attached hydrogens (tertiary/aromatic N) is 1. The van der Waals surface area contributed by atoms with Crippen molar-refractivity contribution in [3.05, 3.63) is 84.2 Å². The highest BCUT2D eigenvalue weighted by Crippen LogP contribution is 2.15. The van der Waals surface area contributed by atoms with Crippen LogP contribution in [0.5, 0.6) is 0 Å². The number of anilines is 2. The van der Waals surface area contributed by atoms with Gasteiger partial charge in [0.05, 0.1) is 23.3 Å². The Kier molecular flexibility index (Phi) is 6.77. The molecule has 1 heterocycles. The lowest BCUT2D eigenvalue weighted by Crippen LogP contribution is -2.24. The number of benzene rings is 2. The molecule has 0 spiro atoms. The molecule has 0 bridgehead atoms. The number of rotatable bonds is 7. The van der Waals surface area contributed by atoms with Gasteiger partial charge in [0.2, 0.25) is 10.0 Å². The zero-order valence-corrected chi connectivity index (χ0v) is 17.0. The van der Waals surface area contributed by atoms with E-state index in [0.717, 1.165) is 0 Å². The second-order valence-corrected chi connectivity index (χ2v) is 8.05. The molecular weight excluding hydrogens is 416 g/mol. The van der Waals surface area contributed by atoms with E-state index in [4.69, 9.17) is 6.42 Å². The first-order valence-corrected chi connectivity index (χ1v) is 10.5. The van der Waals surface area contributed by atoms with Gasteiger partial charge in [0, 0.05) is 23.0 Å². The maximum atomic E-state index is 12.4. The molecule has 0 radical (unpaired) electrons. The maximum absolute atomic E-state index is 12.4. The van der Waals surface area contributed by atoms with Crippen LogP contribution in [-0.4, -0.2) is 31.8 Å². The first-order valence-electron chi connectivity index (χ1n) is 9.05. The quantitative estimate of drug-likeness (QED) is 0.494. The summed E-state index contributed by atoms with van der Waals surface area (Å²) in [5.74, 6) is 1.46. The van der Waals surface area contributed by atoms with Crippen molar-refractivity contribution in [2.45, 2.75) is 4.90 Å². The van der Waals surface area contributed by atoms with Crippen molar-refractivity contribution in [1.29, 1.82) is 0 Å². The molecule has 0 unspecified atom stereocenters. The highest BCUT2D eigenvalue weighted by molar-refractivity contribution is 7.89. The molecule has 2 amide bonds. The fourth-order valence-corrected chi connectivity index (χ4v) is 3.49. The Balaban J connectivity index is 1.63. The van der Waals surface area contributed by atoms with Crippen molar-refractivity contribution in [3.63, 3.8) is 0 Å². The van der Waals surface area contributed by atoms with Crippen LogP contribution >= 0.6 is 0 Å². The Hall–Kier alpha value is -4.00. The zero-order chi connectivity index (χ0) is 22.3. The maximum Gasteiger partial charge on any atom is 0.255 e. The first-order chi connectivity index (χ1) is 14.9. The summed E-state index contributed by atoms with van der Waals surface area (Å²) in [7, 11) is -3.73. The topological polar surface area (TPSA) is 117 Å². The largest absolute Gasteiger partial charge is 0.322 e. The normalized spacial score (nSPS) is 10.7. The molecule has 2 aromatic carbocycles. The van der Waals surface area contributed by atoms with Gasteiger partial charge in [0.15, 0.2) is 0 Å². The van der Waals surface area contributed by atoms with Crippen molar-refractivity contribution < 1.29 is 18.0 Å². The minimum absolute atomic E-state index is 0.00304. The number of nitrogens with one attached hydrogen (secondary N) is 3. The number of terminal acetylenes is 1. The smallest absolute Gasteiger partial charge is 0.255 e. The fourth-order valence-electron chi connectivity index (χ4n) is 2.55. The molecular formula is C22H18N4O4S. The molecule has 31 heavy (non-hydrogen) atoms. The molecule has 3 rings (SSSR count). The predicted molar refractivity (Wildman–Crippen MR) is 117 cm³/mol. The van der Waals surface area contributed by atoms with Crippen molar-refractivity contribution in [1.82, 2.24) is 9.71 Å². The number of pyridine rings is 1. The molecule has 0 saturated carbocycles. The van der Waals surface area contributed by atoms with Crippen LogP contribution in [0.2, 0.25) is 0 Å². The third-order valence-corrected chi connectivity index (χ3v) is 5.53. The molecule has 0 aliphatic carbocycles. The summed E-state index contributed by atoms with van der Waals surface area (Å²) in [5, 5.41) is 5.41.